The Hall–Kier alpha value is -1.05. The van der Waals surface area contributed by atoms with E-state index >= 15 is 0 Å². The number of halogens is 15. The van der Waals surface area contributed by atoms with Crippen molar-refractivity contribution in [1.29, 1.82) is 0 Å². The van der Waals surface area contributed by atoms with Crippen LogP contribution in [0.3, 0.4) is 0 Å². The summed E-state index contributed by atoms with van der Waals surface area (Å²) in [5.41, 5.74) is -12.5. The molecule has 0 nitrogen and oxygen atoms in total. The van der Waals surface area contributed by atoms with Gasteiger partial charge in [0.2, 0.25) is 0 Å². The predicted molar refractivity (Wildman–Crippen MR) is 59.8 cm³/mol. The molecule has 0 amide bonds. The van der Waals surface area contributed by atoms with Crippen LogP contribution in [0.1, 0.15) is 26.2 Å². The molecule has 0 bridgehead atoms. The van der Waals surface area contributed by atoms with Crippen molar-refractivity contribution in [2.45, 2.75) is 68.4 Å². The van der Waals surface area contributed by atoms with Crippen LogP contribution < -0.4 is 0 Å². The first kappa shape index (κ1) is 26.0. The van der Waals surface area contributed by atoms with Gasteiger partial charge in [0, 0.05) is 12.8 Å². The van der Waals surface area contributed by atoms with Gasteiger partial charge in [0.05, 0.1) is 6.17 Å². The minimum Gasteiger partial charge on any atom is -0.248 e. The van der Waals surface area contributed by atoms with Gasteiger partial charge in [-0.05, 0) is 19.3 Å². The van der Waals surface area contributed by atoms with Crippen LogP contribution in [0.4, 0.5) is 65.9 Å². The predicted octanol–water partition coefficient (Wildman–Crippen LogP) is 6.80. The second-order valence-electron chi connectivity index (χ2n) is 5.88. The van der Waals surface area contributed by atoms with Gasteiger partial charge in [0.25, 0.3) is 11.3 Å². The molecule has 0 aromatic carbocycles. The maximum Gasteiger partial charge on any atom is 0.431 e. The zero-order valence-electron chi connectivity index (χ0n) is 12.9. The summed E-state index contributed by atoms with van der Waals surface area (Å²) in [5, 5.41) is 0. The van der Waals surface area contributed by atoms with Crippen LogP contribution in [0.15, 0.2) is 0 Å². The third kappa shape index (κ3) is 5.48. The molecule has 164 valence electrons. The molecule has 1 unspecified atom stereocenters. The van der Waals surface area contributed by atoms with Crippen molar-refractivity contribution in [3.63, 3.8) is 0 Å². The summed E-state index contributed by atoms with van der Waals surface area (Å²) in [6, 6.07) is 0. The lowest BCUT2D eigenvalue weighted by molar-refractivity contribution is -0.357. The molecule has 0 aromatic rings. The van der Waals surface area contributed by atoms with Crippen LogP contribution in [-0.4, -0.2) is 42.2 Å². The highest BCUT2D eigenvalue weighted by Gasteiger charge is 2.75. The van der Waals surface area contributed by atoms with E-state index in [1.807, 2.05) is 0 Å². The van der Waals surface area contributed by atoms with Crippen LogP contribution in [-0.2, 0) is 0 Å². The van der Waals surface area contributed by atoms with Crippen LogP contribution in [0.25, 0.3) is 0 Å². The average Bonchev–Trinajstić information content (AvgIpc) is 2.31. The summed E-state index contributed by atoms with van der Waals surface area (Å²) in [6.07, 6.45) is -37.7. The molecule has 0 fully saturated rings. The van der Waals surface area contributed by atoms with Gasteiger partial charge in [-0.2, -0.15) is 52.7 Å². The maximum absolute atomic E-state index is 13.6. The van der Waals surface area contributed by atoms with Crippen molar-refractivity contribution in [1.82, 2.24) is 0 Å². The molecular formula is C12H11F15. The minimum absolute atomic E-state index is 0.370. The van der Waals surface area contributed by atoms with Crippen molar-refractivity contribution in [2.75, 3.05) is 0 Å². The lowest BCUT2D eigenvalue weighted by Crippen LogP contribution is -2.57. The van der Waals surface area contributed by atoms with E-state index in [1.165, 1.54) is 0 Å². The molecule has 0 saturated heterocycles. The molecule has 0 aliphatic carbocycles. The van der Waals surface area contributed by atoms with Gasteiger partial charge >= 0.3 is 24.7 Å². The molecule has 0 aromatic heterocycles. The number of hydrogen-bond donors (Lipinski definition) is 0. The van der Waals surface area contributed by atoms with Crippen molar-refractivity contribution >= 4 is 0 Å². The first-order valence-electron chi connectivity index (χ1n) is 6.78. The van der Waals surface area contributed by atoms with E-state index in [4.69, 9.17) is 0 Å². The summed E-state index contributed by atoms with van der Waals surface area (Å²) < 4.78 is 190. The van der Waals surface area contributed by atoms with Gasteiger partial charge in [0.15, 0.2) is 0 Å². The molecule has 1 atom stereocenters. The van der Waals surface area contributed by atoms with Gasteiger partial charge in [-0.3, -0.25) is 0 Å². The molecule has 0 saturated carbocycles. The van der Waals surface area contributed by atoms with Gasteiger partial charge in [-0.1, -0.05) is 0 Å². The summed E-state index contributed by atoms with van der Waals surface area (Å²) in [4.78, 5) is 0. The monoisotopic (exact) mass is 440 g/mol. The molecule has 0 heterocycles. The molecule has 0 radical (unpaired) electrons. The first-order chi connectivity index (χ1) is 11.5. The summed E-state index contributed by atoms with van der Waals surface area (Å²) >= 11 is 0. The van der Waals surface area contributed by atoms with E-state index in [2.05, 4.69) is 0 Å². The second-order valence-corrected chi connectivity index (χ2v) is 5.88. The van der Waals surface area contributed by atoms with Crippen LogP contribution in [0, 0.1) is 5.92 Å². The summed E-state index contributed by atoms with van der Waals surface area (Å²) in [7, 11) is 0. The standard InChI is InChI=1S/C12H11F15/c1-5(13)2-6(3-7(14,9(16,17)18)10(19,20)21)4-8(15,11(22,23)24)12(25,26)27/h5-6H,2-4H2,1H3. The fourth-order valence-corrected chi connectivity index (χ4v) is 2.28. The molecule has 0 aliphatic heterocycles. The zero-order chi connectivity index (χ0) is 22.3. The highest BCUT2D eigenvalue weighted by molar-refractivity contribution is 5.01. The average molecular weight is 440 g/mol. The highest BCUT2D eigenvalue weighted by Crippen LogP contribution is 2.55. The van der Waals surface area contributed by atoms with Crippen molar-refractivity contribution in [2.24, 2.45) is 5.92 Å². The van der Waals surface area contributed by atoms with E-state index in [0.717, 1.165) is 0 Å². The Labute approximate surface area is 141 Å². The number of hydrogen-bond acceptors (Lipinski definition) is 0. The summed E-state index contributed by atoms with van der Waals surface area (Å²) in [5.74, 6) is -3.24. The fourth-order valence-electron chi connectivity index (χ4n) is 2.28. The van der Waals surface area contributed by atoms with Gasteiger partial charge in [-0.25, -0.2) is 13.2 Å². The lowest BCUT2D eigenvalue weighted by atomic mass is 9.80. The van der Waals surface area contributed by atoms with Gasteiger partial charge < -0.3 is 0 Å². The molecule has 27 heavy (non-hydrogen) atoms. The molecule has 0 spiro atoms. The quantitative estimate of drug-likeness (QED) is 0.399. The molecule has 0 rings (SSSR count). The Morgan fingerprint density at radius 3 is 0.889 bits per heavy atom. The van der Waals surface area contributed by atoms with Gasteiger partial charge in [-0.15, -0.1) is 0 Å². The topological polar surface area (TPSA) is 0 Å². The van der Waals surface area contributed by atoms with E-state index in [0.29, 0.717) is 6.92 Å². The first-order valence-corrected chi connectivity index (χ1v) is 6.78. The molecule has 15 heteroatoms. The second kappa shape index (κ2) is 7.41. The Bertz CT molecular complexity index is 409. The Morgan fingerprint density at radius 2 is 0.741 bits per heavy atom. The smallest absolute Gasteiger partial charge is 0.248 e. The molecular weight excluding hydrogens is 429 g/mol. The Balaban J connectivity index is 6.16. The minimum atomic E-state index is -6.81. The van der Waals surface area contributed by atoms with E-state index in [9.17, 15) is 65.9 Å². The molecule has 0 aliphatic rings. The fraction of sp³-hybridized carbons (Fsp3) is 1.00. The third-order valence-electron chi connectivity index (χ3n) is 3.60. The Morgan fingerprint density at radius 1 is 0.519 bits per heavy atom. The van der Waals surface area contributed by atoms with Crippen molar-refractivity contribution < 1.29 is 65.9 Å². The number of alkyl halides is 15. The largest absolute Gasteiger partial charge is 0.431 e. The SMILES string of the molecule is CC(F)CC(CC(F)(C(F)(F)F)C(F)(F)F)CC(F)(C(F)(F)F)C(F)(F)F. The van der Waals surface area contributed by atoms with Crippen LogP contribution >= 0.6 is 0 Å². The highest BCUT2D eigenvalue weighted by atomic mass is 19.4. The lowest BCUT2D eigenvalue weighted by Gasteiger charge is -2.37. The summed E-state index contributed by atoms with van der Waals surface area (Å²) in [6.45, 7) is 0.370. The van der Waals surface area contributed by atoms with E-state index < -0.39 is 67.4 Å². The van der Waals surface area contributed by atoms with Crippen molar-refractivity contribution in [3.05, 3.63) is 0 Å². The van der Waals surface area contributed by atoms with Crippen molar-refractivity contribution in [3.8, 4) is 0 Å². The van der Waals surface area contributed by atoms with Gasteiger partial charge in [0.1, 0.15) is 0 Å². The molecule has 0 N–H and O–H groups in total. The van der Waals surface area contributed by atoms with E-state index in [-0.39, 0.29) is 0 Å². The third-order valence-corrected chi connectivity index (χ3v) is 3.60. The van der Waals surface area contributed by atoms with Crippen LogP contribution in [0.5, 0.6) is 0 Å². The van der Waals surface area contributed by atoms with Crippen LogP contribution in [0.2, 0.25) is 0 Å². The van der Waals surface area contributed by atoms with E-state index in [1.54, 1.807) is 0 Å². The number of rotatable bonds is 6. The maximum atomic E-state index is 13.6. The Kier molecular flexibility index (Phi) is 7.12. The normalized spacial score (nSPS) is 16.8. The zero-order valence-corrected chi connectivity index (χ0v) is 12.9.